The van der Waals surface area contributed by atoms with Gasteiger partial charge in [0, 0.05) is 19.6 Å². The number of piperidine rings is 1. The summed E-state index contributed by atoms with van der Waals surface area (Å²) in [6.45, 7) is 9.61. The summed E-state index contributed by atoms with van der Waals surface area (Å²) in [6, 6.07) is 3.83. The minimum Gasteiger partial charge on any atom is -0.467 e. The lowest BCUT2D eigenvalue weighted by Gasteiger charge is -2.35. The number of furan rings is 1. The second kappa shape index (κ2) is 8.62. The number of carbonyl (C=O) groups is 1. The zero-order valence-corrected chi connectivity index (χ0v) is 16.5. The van der Waals surface area contributed by atoms with Gasteiger partial charge in [-0.15, -0.1) is 10.2 Å². The van der Waals surface area contributed by atoms with Gasteiger partial charge in [0.1, 0.15) is 5.76 Å². The normalized spacial score (nSPS) is 20.3. The van der Waals surface area contributed by atoms with Gasteiger partial charge >= 0.3 is 0 Å². The number of nitrogens with zero attached hydrogens (tertiary/aromatic N) is 4. The van der Waals surface area contributed by atoms with Crippen LogP contribution >= 0.6 is 11.8 Å². The summed E-state index contributed by atoms with van der Waals surface area (Å²) >= 11 is 1.41. The third-order valence-electron chi connectivity index (χ3n) is 4.45. The third-order valence-corrected chi connectivity index (χ3v) is 5.42. The van der Waals surface area contributed by atoms with Crippen molar-refractivity contribution in [3.8, 4) is 0 Å². The molecular weight excluding hydrogens is 350 g/mol. The van der Waals surface area contributed by atoms with E-state index in [1.165, 1.54) is 18.2 Å². The summed E-state index contributed by atoms with van der Waals surface area (Å²) in [5.74, 6) is 3.30. The van der Waals surface area contributed by atoms with E-state index in [4.69, 9.17) is 4.42 Å². The predicted octanol–water partition coefficient (Wildman–Crippen LogP) is 2.63. The number of rotatable bonds is 7. The quantitative estimate of drug-likeness (QED) is 0.748. The highest BCUT2D eigenvalue weighted by Crippen LogP contribution is 2.28. The molecule has 0 aromatic carbocycles. The van der Waals surface area contributed by atoms with Gasteiger partial charge in [-0.1, -0.05) is 25.6 Å². The zero-order valence-electron chi connectivity index (χ0n) is 15.6. The van der Waals surface area contributed by atoms with Crippen molar-refractivity contribution in [2.24, 2.45) is 11.8 Å². The highest BCUT2D eigenvalue weighted by molar-refractivity contribution is 7.99. The van der Waals surface area contributed by atoms with Gasteiger partial charge in [-0.2, -0.15) is 0 Å². The van der Waals surface area contributed by atoms with Crippen molar-refractivity contribution >= 4 is 23.6 Å². The molecule has 7 nitrogen and oxygen atoms in total. The highest BCUT2D eigenvalue weighted by atomic mass is 32.2. The van der Waals surface area contributed by atoms with Crippen LogP contribution < -0.4 is 10.2 Å². The van der Waals surface area contributed by atoms with Crippen LogP contribution in [-0.2, 0) is 11.3 Å². The standard InChI is InChI=1S/C18H27N5O2S/c1-4-19-16(24)12-26-18-21-20-17(22-9-13(2)8-14(3)10-22)23(18)11-15-6-5-7-25-15/h5-7,13-14H,4,8-12H2,1-3H3,(H,19,24)/t13-,14+. The fourth-order valence-corrected chi connectivity index (χ4v) is 4.29. The molecule has 142 valence electrons. The molecule has 3 rings (SSSR count). The fourth-order valence-electron chi connectivity index (χ4n) is 3.52. The van der Waals surface area contributed by atoms with E-state index in [9.17, 15) is 4.79 Å². The first kappa shape index (κ1) is 18.8. The number of hydrogen-bond donors (Lipinski definition) is 1. The number of carbonyl (C=O) groups excluding carboxylic acids is 1. The molecule has 1 saturated heterocycles. The summed E-state index contributed by atoms with van der Waals surface area (Å²) in [5.41, 5.74) is 0. The van der Waals surface area contributed by atoms with Gasteiger partial charge in [0.25, 0.3) is 0 Å². The van der Waals surface area contributed by atoms with E-state index in [1.807, 2.05) is 19.1 Å². The van der Waals surface area contributed by atoms with Crippen molar-refractivity contribution in [3.05, 3.63) is 24.2 Å². The molecule has 1 aliphatic heterocycles. The lowest BCUT2D eigenvalue weighted by Crippen LogP contribution is -2.40. The molecule has 1 N–H and O–H groups in total. The maximum atomic E-state index is 11.8. The minimum atomic E-state index is 0.00631. The second-order valence-electron chi connectivity index (χ2n) is 7.04. The smallest absolute Gasteiger partial charge is 0.230 e. The molecule has 2 aromatic rings. The summed E-state index contributed by atoms with van der Waals surface area (Å²) in [4.78, 5) is 14.1. The van der Waals surface area contributed by atoms with E-state index >= 15 is 0 Å². The molecule has 2 aromatic heterocycles. The van der Waals surface area contributed by atoms with Gasteiger partial charge < -0.3 is 14.6 Å². The van der Waals surface area contributed by atoms with Crippen LogP contribution in [0.3, 0.4) is 0 Å². The molecule has 0 radical (unpaired) electrons. The first-order valence-electron chi connectivity index (χ1n) is 9.16. The molecule has 3 heterocycles. The average molecular weight is 378 g/mol. The number of aromatic nitrogens is 3. The van der Waals surface area contributed by atoms with Crippen LogP contribution in [0.2, 0.25) is 0 Å². The number of nitrogens with one attached hydrogen (secondary N) is 1. The highest BCUT2D eigenvalue weighted by Gasteiger charge is 2.27. The van der Waals surface area contributed by atoms with Crippen molar-refractivity contribution < 1.29 is 9.21 Å². The van der Waals surface area contributed by atoms with E-state index in [-0.39, 0.29) is 5.91 Å². The number of thioether (sulfide) groups is 1. The van der Waals surface area contributed by atoms with Crippen LogP contribution in [-0.4, -0.2) is 46.1 Å². The average Bonchev–Trinajstić information content (AvgIpc) is 3.23. The second-order valence-corrected chi connectivity index (χ2v) is 7.98. The number of amides is 1. The van der Waals surface area contributed by atoms with Crippen LogP contribution in [0.4, 0.5) is 5.95 Å². The largest absolute Gasteiger partial charge is 0.467 e. The molecule has 0 aliphatic carbocycles. The Morgan fingerprint density at radius 3 is 2.77 bits per heavy atom. The molecule has 0 saturated carbocycles. The van der Waals surface area contributed by atoms with Gasteiger partial charge in [0.15, 0.2) is 5.16 Å². The molecule has 0 spiro atoms. The Labute approximate surface area is 158 Å². The molecule has 1 aliphatic rings. The fraction of sp³-hybridized carbons (Fsp3) is 0.611. The van der Waals surface area contributed by atoms with Crippen LogP contribution in [0.1, 0.15) is 33.0 Å². The van der Waals surface area contributed by atoms with Crippen LogP contribution in [0.25, 0.3) is 0 Å². The van der Waals surface area contributed by atoms with Gasteiger partial charge in [-0.25, -0.2) is 0 Å². The van der Waals surface area contributed by atoms with Crippen LogP contribution in [0.15, 0.2) is 28.0 Å². The first-order chi connectivity index (χ1) is 12.6. The number of anilines is 1. The zero-order chi connectivity index (χ0) is 18.5. The van der Waals surface area contributed by atoms with E-state index in [0.29, 0.717) is 30.7 Å². The topological polar surface area (TPSA) is 76.2 Å². The van der Waals surface area contributed by atoms with Crippen molar-refractivity contribution in [1.82, 2.24) is 20.1 Å². The Morgan fingerprint density at radius 2 is 2.12 bits per heavy atom. The maximum Gasteiger partial charge on any atom is 0.230 e. The van der Waals surface area contributed by atoms with E-state index in [0.717, 1.165) is 30.0 Å². The van der Waals surface area contributed by atoms with Crippen molar-refractivity contribution in [1.29, 1.82) is 0 Å². The van der Waals surface area contributed by atoms with Gasteiger partial charge in [-0.05, 0) is 37.3 Å². The van der Waals surface area contributed by atoms with Crippen molar-refractivity contribution in [3.63, 3.8) is 0 Å². The lowest BCUT2D eigenvalue weighted by atomic mass is 9.92. The van der Waals surface area contributed by atoms with Crippen LogP contribution in [0.5, 0.6) is 0 Å². The monoisotopic (exact) mass is 377 g/mol. The van der Waals surface area contributed by atoms with Gasteiger partial charge in [0.2, 0.25) is 11.9 Å². The van der Waals surface area contributed by atoms with Crippen molar-refractivity contribution in [2.45, 2.75) is 38.9 Å². The molecule has 1 fully saturated rings. The van der Waals surface area contributed by atoms with E-state index in [2.05, 4.69) is 38.8 Å². The molecule has 1 amide bonds. The Morgan fingerprint density at radius 1 is 1.35 bits per heavy atom. The Hall–Kier alpha value is -1.96. The SMILES string of the molecule is CCNC(=O)CSc1nnc(N2C[C@H](C)C[C@H](C)C2)n1Cc1ccco1. The third kappa shape index (κ3) is 4.60. The molecular formula is C18H27N5O2S. The molecule has 0 bridgehead atoms. The minimum absolute atomic E-state index is 0.00631. The molecule has 26 heavy (non-hydrogen) atoms. The first-order valence-corrected chi connectivity index (χ1v) is 10.1. The Kier molecular flexibility index (Phi) is 6.24. The molecule has 0 unspecified atom stereocenters. The summed E-state index contributed by atoms with van der Waals surface area (Å²) < 4.78 is 7.59. The maximum absolute atomic E-state index is 11.8. The van der Waals surface area contributed by atoms with Crippen molar-refractivity contribution in [2.75, 3.05) is 30.3 Å². The summed E-state index contributed by atoms with van der Waals surface area (Å²) in [7, 11) is 0. The number of hydrogen-bond acceptors (Lipinski definition) is 6. The van der Waals surface area contributed by atoms with E-state index < -0.39 is 0 Å². The molecule has 2 atom stereocenters. The van der Waals surface area contributed by atoms with Crippen LogP contribution in [0, 0.1) is 11.8 Å². The summed E-state index contributed by atoms with van der Waals surface area (Å²) in [5, 5.41) is 12.4. The lowest BCUT2D eigenvalue weighted by molar-refractivity contribution is -0.118. The Balaban J connectivity index is 1.82. The Bertz CT molecular complexity index is 705. The van der Waals surface area contributed by atoms with E-state index in [1.54, 1.807) is 6.26 Å². The predicted molar refractivity (Wildman–Crippen MR) is 102 cm³/mol. The molecule has 8 heteroatoms. The van der Waals surface area contributed by atoms with Gasteiger partial charge in [0.05, 0.1) is 18.6 Å². The summed E-state index contributed by atoms with van der Waals surface area (Å²) in [6.07, 6.45) is 2.91. The van der Waals surface area contributed by atoms with Gasteiger partial charge in [-0.3, -0.25) is 9.36 Å².